The van der Waals surface area contributed by atoms with Crippen molar-refractivity contribution in [3.63, 3.8) is 0 Å². The number of pyridine rings is 1. The summed E-state index contributed by atoms with van der Waals surface area (Å²) < 4.78 is 48.9. The van der Waals surface area contributed by atoms with Gasteiger partial charge in [0.05, 0.1) is 33.6 Å². The molecular formula is C33H33ClF3N9O6. The Balaban J connectivity index is 1.25. The van der Waals surface area contributed by atoms with E-state index in [1.165, 1.54) is 34.7 Å². The van der Waals surface area contributed by atoms with Gasteiger partial charge in [-0.2, -0.15) is 22.7 Å². The third-order valence-electron chi connectivity index (χ3n) is 9.74. The summed E-state index contributed by atoms with van der Waals surface area (Å²) in [6.07, 6.45) is -3.55. The number of halogens is 4. The number of amides is 3. The highest BCUT2D eigenvalue weighted by Gasteiger charge is 2.51. The number of ether oxygens (including phenoxy) is 1. The predicted octanol–water partition coefficient (Wildman–Crippen LogP) is 3.19. The number of aromatic nitrogens is 5. The van der Waals surface area contributed by atoms with Crippen LogP contribution < -0.4 is 15.8 Å². The molecule has 1 aromatic carbocycles. The molecule has 2 fully saturated rings. The monoisotopic (exact) mass is 743 g/mol. The molecule has 6 heterocycles. The Morgan fingerprint density at radius 1 is 1.08 bits per heavy atom. The number of alkyl halides is 3. The van der Waals surface area contributed by atoms with Crippen molar-refractivity contribution in [3.05, 3.63) is 74.4 Å². The molecule has 7 rings (SSSR count). The lowest BCUT2D eigenvalue weighted by Gasteiger charge is -2.39. The topological polar surface area (TPSA) is 167 Å². The van der Waals surface area contributed by atoms with Crippen LogP contribution in [0.15, 0.2) is 41.3 Å². The smallest absolute Gasteiger partial charge is 0.416 e. The summed E-state index contributed by atoms with van der Waals surface area (Å²) in [6.45, 7) is 4.73. The lowest BCUT2D eigenvalue weighted by atomic mass is 9.85. The van der Waals surface area contributed by atoms with Crippen molar-refractivity contribution < 1.29 is 37.4 Å². The Kier molecular flexibility index (Phi) is 8.85. The molecule has 52 heavy (non-hydrogen) atoms. The number of hydrogen-bond acceptors (Lipinski definition) is 10. The van der Waals surface area contributed by atoms with Crippen molar-refractivity contribution in [2.75, 3.05) is 49.5 Å². The Labute approximate surface area is 298 Å². The SMILES string of the molecule is CC(=O)N1CCN(c2nc3n(CC(=O)Nc4ccc(C(F)(F)F)cc4Cl)c4c(c(=O)n3n2)C2(CCN(C(=O)c3ncccc3O)CC2)O[C@@H]4C)CC1. The van der Waals surface area contributed by atoms with E-state index in [0.717, 1.165) is 22.7 Å². The van der Waals surface area contributed by atoms with Gasteiger partial charge in [0.25, 0.3) is 11.5 Å². The fourth-order valence-corrected chi connectivity index (χ4v) is 7.38. The molecule has 0 unspecified atom stereocenters. The van der Waals surface area contributed by atoms with Gasteiger partial charge in [-0.1, -0.05) is 11.6 Å². The van der Waals surface area contributed by atoms with Gasteiger partial charge in [-0.25, -0.2) is 4.98 Å². The van der Waals surface area contributed by atoms with Gasteiger partial charge in [0, 0.05) is 52.4 Å². The van der Waals surface area contributed by atoms with Gasteiger partial charge in [-0.15, -0.1) is 5.10 Å². The number of anilines is 2. The number of carbonyl (C=O) groups excluding carboxylic acids is 3. The quantitative estimate of drug-likeness (QED) is 0.310. The van der Waals surface area contributed by atoms with E-state index in [1.54, 1.807) is 11.8 Å². The lowest BCUT2D eigenvalue weighted by Crippen LogP contribution is -2.48. The number of likely N-dealkylation sites (tertiary alicyclic amines) is 1. The van der Waals surface area contributed by atoms with E-state index in [4.69, 9.17) is 16.3 Å². The zero-order valence-corrected chi connectivity index (χ0v) is 28.7. The first-order chi connectivity index (χ1) is 24.7. The summed E-state index contributed by atoms with van der Waals surface area (Å²) >= 11 is 6.13. The molecule has 3 aromatic heterocycles. The molecule has 0 saturated carbocycles. The van der Waals surface area contributed by atoms with Crippen LogP contribution in [0.4, 0.5) is 24.8 Å². The third-order valence-corrected chi connectivity index (χ3v) is 10.1. The van der Waals surface area contributed by atoms with Crippen LogP contribution in [0.5, 0.6) is 5.75 Å². The fraction of sp³-hybridized carbons (Fsp3) is 0.424. The predicted molar refractivity (Wildman–Crippen MR) is 179 cm³/mol. The van der Waals surface area contributed by atoms with Gasteiger partial charge >= 0.3 is 6.18 Å². The first-order valence-corrected chi connectivity index (χ1v) is 16.9. The van der Waals surface area contributed by atoms with Crippen molar-refractivity contribution in [2.24, 2.45) is 0 Å². The van der Waals surface area contributed by atoms with Crippen LogP contribution in [0.25, 0.3) is 5.78 Å². The Morgan fingerprint density at radius 2 is 1.79 bits per heavy atom. The van der Waals surface area contributed by atoms with Gasteiger partial charge < -0.3 is 34.4 Å². The van der Waals surface area contributed by atoms with Crippen LogP contribution in [-0.2, 0) is 32.6 Å². The lowest BCUT2D eigenvalue weighted by molar-refractivity contribution is -0.137. The van der Waals surface area contributed by atoms with Crippen molar-refractivity contribution in [1.82, 2.24) is 33.9 Å². The molecule has 19 heteroatoms. The Bertz CT molecular complexity index is 2160. The first-order valence-electron chi connectivity index (χ1n) is 16.5. The summed E-state index contributed by atoms with van der Waals surface area (Å²) in [4.78, 5) is 66.9. The van der Waals surface area contributed by atoms with Crippen LogP contribution >= 0.6 is 11.6 Å². The van der Waals surface area contributed by atoms with Crippen LogP contribution in [0.2, 0.25) is 5.02 Å². The molecule has 0 bridgehead atoms. The molecule has 0 aliphatic carbocycles. The van der Waals surface area contributed by atoms with Crippen molar-refractivity contribution >= 4 is 46.7 Å². The van der Waals surface area contributed by atoms with Gasteiger partial charge in [0.2, 0.25) is 23.5 Å². The Morgan fingerprint density at radius 3 is 2.42 bits per heavy atom. The van der Waals surface area contributed by atoms with E-state index >= 15 is 0 Å². The highest BCUT2D eigenvalue weighted by molar-refractivity contribution is 6.33. The first kappa shape index (κ1) is 35.2. The molecule has 2 N–H and O–H groups in total. The summed E-state index contributed by atoms with van der Waals surface area (Å²) in [7, 11) is 0. The van der Waals surface area contributed by atoms with Gasteiger partial charge in [0.1, 0.15) is 17.9 Å². The van der Waals surface area contributed by atoms with Crippen molar-refractivity contribution in [3.8, 4) is 5.75 Å². The zero-order valence-electron chi connectivity index (χ0n) is 28.0. The second-order valence-electron chi connectivity index (χ2n) is 12.9. The molecule has 3 aliphatic heterocycles. The van der Waals surface area contributed by atoms with Crippen LogP contribution in [0, 0.1) is 0 Å². The summed E-state index contributed by atoms with van der Waals surface area (Å²) in [5, 5.41) is 17.0. The molecule has 274 valence electrons. The third kappa shape index (κ3) is 6.18. The van der Waals surface area contributed by atoms with E-state index < -0.39 is 47.4 Å². The largest absolute Gasteiger partial charge is 0.505 e. The van der Waals surface area contributed by atoms with E-state index in [9.17, 15) is 37.5 Å². The molecule has 3 amide bonds. The number of rotatable bonds is 5. The van der Waals surface area contributed by atoms with Gasteiger partial charge in [-0.3, -0.25) is 19.2 Å². The number of benzene rings is 1. The number of piperidine rings is 1. The normalized spacial score (nSPS) is 18.6. The molecule has 1 spiro atoms. The van der Waals surface area contributed by atoms with Gasteiger partial charge in [-0.05, 0) is 50.1 Å². The molecule has 4 aromatic rings. The number of carbonyl (C=O) groups is 3. The average Bonchev–Trinajstić information content (AvgIpc) is 3.67. The zero-order chi connectivity index (χ0) is 37.1. The van der Waals surface area contributed by atoms with Gasteiger partial charge in [0.15, 0.2) is 5.69 Å². The maximum absolute atomic E-state index is 14.4. The number of nitrogens with one attached hydrogen (secondary N) is 1. The molecule has 1 atom stereocenters. The number of aromatic hydroxyl groups is 1. The van der Waals surface area contributed by atoms with Crippen molar-refractivity contribution in [2.45, 2.75) is 51.1 Å². The van der Waals surface area contributed by atoms with Crippen LogP contribution in [0.1, 0.15) is 60.1 Å². The minimum atomic E-state index is -4.63. The van der Waals surface area contributed by atoms with E-state index in [1.807, 2.05) is 4.90 Å². The van der Waals surface area contributed by atoms with Crippen LogP contribution in [-0.4, -0.2) is 96.0 Å². The standard InChI is InChI=1S/C33H33ClF3N9O6/c1-18-27-25(32(52-18)7-10-43(11-8-32)29(51)26-23(48)4-3-9-38-26)28(50)46-31(40-30(41-46)44-14-12-42(13-15-44)19(2)47)45(27)17-24(49)39-22-6-5-20(16-21(22)34)33(35,36)37/h3-6,9,16,18,48H,7-8,10-15,17H2,1-2H3,(H,39,49)/t18-/m1/s1. The summed E-state index contributed by atoms with van der Waals surface area (Å²) in [5.74, 6) is -1.22. The Hall–Kier alpha value is -5.23. The fourth-order valence-electron chi connectivity index (χ4n) is 7.15. The van der Waals surface area contributed by atoms with Crippen molar-refractivity contribution in [1.29, 1.82) is 0 Å². The molecule has 15 nitrogen and oxygen atoms in total. The van der Waals surface area contributed by atoms with E-state index in [-0.39, 0.29) is 71.3 Å². The molecule has 2 saturated heterocycles. The minimum absolute atomic E-state index is 0.0344. The van der Waals surface area contributed by atoms with E-state index in [2.05, 4.69) is 20.4 Å². The number of fused-ring (bicyclic) bond motifs is 3. The molecule has 3 aliphatic rings. The average molecular weight is 744 g/mol. The second-order valence-corrected chi connectivity index (χ2v) is 13.3. The number of hydrogen-bond donors (Lipinski definition) is 2. The molecule has 0 radical (unpaired) electrons. The number of nitrogens with zero attached hydrogens (tertiary/aromatic N) is 8. The maximum atomic E-state index is 14.4. The minimum Gasteiger partial charge on any atom is -0.505 e. The molecular weight excluding hydrogens is 711 g/mol. The summed E-state index contributed by atoms with van der Waals surface area (Å²) in [6, 6.07) is 5.46. The van der Waals surface area contributed by atoms with E-state index in [0.29, 0.717) is 31.9 Å². The number of piperazine rings is 1. The highest BCUT2D eigenvalue weighted by atomic mass is 35.5. The summed E-state index contributed by atoms with van der Waals surface area (Å²) in [5.41, 5.74) is -2.18. The maximum Gasteiger partial charge on any atom is 0.416 e. The highest BCUT2D eigenvalue weighted by Crippen LogP contribution is 2.48. The van der Waals surface area contributed by atoms with Crippen LogP contribution in [0.3, 0.4) is 0 Å². The second kappa shape index (κ2) is 13.1.